The molecular weight excluding hydrogens is 287 g/mol. The summed E-state index contributed by atoms with van der Waals surface area (Å²) in [7, 11) is -3.59. The number of hydrogen-bond acceptors (Lipinski definition) is 4. The van der Waals surface area contributed by atoms with E-state index < -0.39 is 15.8 Å². The lowest BCUT2D eigenvalue weighted by molar-refractivity contribution is 0.575. The maximum atomic E-state index is 13.0. The normalized spacial score (nSPS) is 11.7. The van der Waals surface area contributed by atoms with Crippen molar-refractivity contribution in [3.8, 4) is 0 Å². The number of hydrogen-bond donors (Lipinski definition) is 2. The first-order valence-corrected chi connectivity index (χ1v) is 8.88. The topological polar surface area (TPSA) is 72.2 Å². The van der Waals surface area contributed by atoms with Crippen molar-refractivity contribution in [2.24, 2.45) is 0 Å². The lowest BCUT2D eigenvalue weighted by Gasteiger charge is -2.07. The molecule has 0 aliphatic heterocycles. The summed E-state index contributed by atoms with van der Waals surface area (Å²) in [6, 6.07) is 3.40. The SMILES string of the molecule is CSCCCCCNS(=O)(=O)c1ccc(F)c(N)c1. The Bertz CT molecular complexity index is 506. The van der Waals surface area contributed by atoms with Gasteiger partial charge in [0.15, 0.2) is 0 Å². The van der Waals surface area contributed by atoms with E-state index in [1.807, 2.05) is 6.26 Å². The van der Waals surface area contributed by atoms with E-state index in [1.165, 1.54) is 6.07 Å². The minimum atomic E-state index is -3.59. The summed E-state index contributed by atoms with van der Waals surface area (Å²) in [5.41, 5.74) is 5.19. The maximum Gasteiger partial charge on any atom is 0.240 e. The second-order valence-electron chi connectivity index (χ2n) is 4.13. The van der Waals surface area contributed by atoms with Crippen molar-refractivity contribution in [2.75, 3.05) is 24.3 Å². The Kier molecular flexibility index (Phi) is 6.60. The number of anilines is 1. The maximum absolute atomic E-state index is 13.0. The molecule has 0 amide bonds. The molecule has 0 saturated carbocycles. The van der Waals surface area contributed by atoms with Crippen molar-refractivity contribution in [3.05, 3.63) is 24.0 Å². The number of thioether (sulfide) groups is 1. The lowest BCUT2D eigenvalue weighted by Crippen LogP contribution is -2.25. The van der Waals surface area contributed by atoms with E-state index >= 15 is 0 Å². The van der Waals surface area contributed by atoms with Gasteiger partial charge in [0.05, 0.1) is 10.6 Å². The Morgan fingerprint density at radius 1 is 1.32 bits per heavy atom. The van der Waals surface area contributed by atoms with Crippen LogP contribution in [0.4, 0.5) is 10.1 Å². The summed E-state index contributed by atoms with van der Waals surface area (Å²) in [6.07, 6.45) is 4.89. The fraction of sp³-hybridized carbons (Fsp3) is 0.500. The van der Waals surface area contributed by atoms with Crippen LogP contribution in [0.3, 0.4) is 0 Å². The number of rotatable bonds is 8. The highest BCUT2D eigenvalue weighted by Crippen LogP contribution is 2.16. The fourth-order valence-electron chi connectivity index (χ4n) is 1.53. The second-order valence-corrected chi connectivity index (χ2v) is 6.89. The van der Waals surface area contributed by atoms with E-state index in [1.54, 1.807) is 11.8 Å². The molecule has 0 aliphatic rings. The third-order valence-electron chi connectivity index (χ3n) is 2.60. The predicted molar refractivity (Wildman–Crippen MR) is 78.2 cm³/mol. The molecule has 108 valence electrons. The number of nitrogens with two attached hydrogens (primary N) is 1. The van der Waals surface area contributed by atoms with Gasteiger partial charge in [0.25, 0.3) is 0 Å². The molecule has 1 aromatic carbocycles. The van der Waals surface area contributed by atoms with E-state index in [0.717, 1.165) is 37.1 Å². The van der Waals surface area contributed by atoms with Crippen molar-refractivity contribution in [3.63, 3.8) is 0 Å². The number of unbranched alkanes of at least 4 members (excludes halogenated alkanes) is 2. The molecule has 19 heavy (non-hydrogen) atoms. The summed E-state index contributed by atoms with van der Waals surface area (Å²) in [4.78, 5) is -0.00415. The molecule has 0 fully saturated rings. The average Bonchev–Trinajstić information content (AvgIpc) is 2.36. The number of sulfonamides is 1. The number of benzene rings is 1. The zero-order chi connectivity index (χ0) is 14.3. The monoisotopic (exact) mass is 306 g/mol. The summed E-state index contributed by atoms with van der Waals surface area (Å²) < 4.78 is 39.2. The van der Waals surface area contributed by atoms with E-state index in [9.17, 15) is 12.8 Å². The predicted octanol–water partition coefficient (Wildman–Crippen LogP) is 2.22. The molecule has 0 spiro atoms. The highest BCUT2D eigenvalue weighted by molar-refractivity contribution is 7.98. The Balaban J connectivity index is 2.49. The van der Waals surface area contributed by atoms with Crippen LogP contribution in [0.1, 0.15) is 19.3 Å². The lowest BCUT2D eigenvalue weighted by atomic mass is 10.2. The van der Waals surface area contributed by atoms with Gasteiger partial charge in [0.2, 0.25) is 10.0 Å². The van der Waals surface area contributed by atoms with Crippen LogP contribution in [0, 0.1) is 5.82 Å². The molecule has 0 saturated heterocycles. The van der Waals surface area contributed by atoms with Gasteiger partial charge in [-0.25, -0.2) is 17.5 Å². The molecule has 4 nitrogen and oxygen atoms in total. The van der Waals surface area contributed by atoms with Crippen LogP contribution in [0.15, 0.2) is 23.1 Å². The van der Waals surface area contributed by atoms with Gasteiger partial charge in [-0.15, -0.1) is 0 Å². The summed E-state index contributed by atoms with van der Waals surface area (Å²) in [5.74, 6) is 0.470. The molecular formula is C12H19FN2O2S2. The van der Waals surface area contributed by atoms with Gasteiger partial charge in [-0.05, 0) is 43.0 Å². The Morgan fingerprint density at radius 3 is 2.68 bits per heavy atom. The Morgan fingerprint density at radius 2 is 2.05 bits per heavy atom. The quantitative estimate of drug-likeness (QED) is 0.570. The molecule has 3 N–H and O–H groups in total. The molecule has 0 unspecified atom stereocenters. The van der Waals surface area contributed by atoms with Gasteiger partial charge in [-0.2, -0.15) is 11.8 Å². The van der Waals surface area contributed by atoms with Crippen LogP contribution in [0.5, 0.6) is 0 Å². The second kappa shape index (κ2) is 7.72. The van der Waals surface area contributed by atoms with Crippen molar-refractivity contribution in [2.45, 2.75) is 24.2 Å². The summed E-state index contributed by atoms with van der Waals surface area (Å²) in [6.45, 7) is 0.383. The van der Waals surface area contributed by atoms with Crippen molar-refractivity contribution in [1.82, 2.24) is 4.72 Å². The van der Waals surface area contributed by atoms with Crippen LogP contribution < -0.4 is 10.5 Å². The smallest absolute Gasteiger partial charge is 0.240 e. The highest BCUT2D eigenvalue weighted by atomic mass is 32.2. The summed E-state index contributed by atoms with van der Waals surface area (Å²) >= 11 is 1.78. The first-order valence-electron chi connectivity index (χ1n) is 6.01. The van der Waals surface area contributed by atoms with Crippen molar-refractivity contribution < 1.29 is 12.8 Å². The Hall–Kier alpha value is -0.790. The molecule has 0 atom stereocenters. The van der Waals surface area contributed by atoms with Gasteiger partial charge < -0.3 is 5.73 Å². The molecule has 0 heterocycles. The van der Waals surface area contributed by atoms with Crippen LogP contribution in [0.25, 0.3) is 0 Å². The van der Waals surface area contributed by atoms with Crippen LogP contribution >= 0.6 is 11.8 Å². The van der Waals surface area contributed by atoms with Crippen LogP contribution in [-0.2, 0) is 10.0 Å². The number of halogens is 1. The molecule has 0 aromatic heterocycles. The van der Waals surface area contributed by atoms with E-state index in [-0.39, 0.29) is 10.6 Å². The molecule has 0 radical (unpaired) electrons. The molecule has 7 heteroatoms. The molecule has 0 bridgehead atoms. The van der Waals surface area contributed by atoms with E-state index in [2.05, 4.69) is 4.72 Å². The largest absolute Gasteiger partial charge is 0.396 e. The van der Waals surface area contributed by atoms with Crippen LogP contribution in [0.2, 0.25) is 0 Å². The molecule has 1 rings (SSSR count). The minimum Gasteiger partial charge on any atom is -0.396 e. The van der Waals surface area contributed by atoms with Gasteiger partial charge in [0, 0.05) is 6.54 Å². The standard InChI is InChI=1S/C12H19FN2O2S2/c1-18-8-4-2-3-7-15-19(16,17)10-5-6-11(13)12(14)9-10/h5-6,9,15H,2-4,7-8,14H2,1H3. The minimum absolute atomic E-state index is 0.00415. The van der Waals surface area contributed by atoms with Crippen molar-refractivity contribution in [1.29, 1.82) is 0 Å². The van der Waals surface area contributed by atoms with Gasteiger partial charge in [0.1, 0.15) is 5.82 Å². The first kappa shape index (κ1) is 16.3. The van der Waals surface area contributed by atoms with Gasteiger partial charge >= 0.3 is 0 Å². The zero-order valence-corrected chi connectivity index (χ0v) is 12.5. The molecule has 1 aromatic rings. The number of nitrogen functional groups attached to an aromatic ring is 1. The molecule has 0 aliphatic carbocycles. The average molecular weight is 306 g/mol. The van der Waals surface area contributed by atoms with Crippen LogP contribution in [-0.4, -0.2) is 27.0 Å². The van der Waals surface area contributed by atoms with Gasteiger partial charge in [-0.1, -0.05) is 6.42 Å². The Labute approximate surface area is 118 Å². The zero-order valence-electron chi connectivity index (χ0n) is 10.9. The summed E-state index contributed by atoms with van der Waals surface area (Å²) in [5, 5.41) is 0. The highest BCUT2D eigenvalue weighted by Gasteiger charge is 2.14. The third kappa shape index (κ3) is 5.38. The third-order valence-corrected chi connectivity index (χ3v) is 4.75. The van der Waals surface area contributed by atoms with E-state index in [4.69, 9.17) is 5.73 Å². The number of nitrogens with one attached hydrogen (secondary N) is 1. The van der Waals surface area contributed by atoms with Gasteiger partial charge in [-0.3, -0.25) is 0 Å². The van der Waals surface area contributed by atoms with Crippen molar-refractivity contribution >= 4 is 27.5 Å². The van der Waals surface area contributed by atoms with E-state index in [0.29, 0.717) is 6.54 Å². The first-order chi connectivity index (χ1) is 8.97. The fourth-order valence-corrected chi connectivity index (χ4v) is 3.13.